The second kappa shape index (κ2) is 3.60. The topological polar surface area (TPSA) is 30.0 Å². The van der Waals surface area contributed by atoms with Gasteiger partial charge in [-0.15, -0.1) is 0 Å². The van der Waals surface area contributed by atoms with Crippen molar-refractivity contribution < 1.29 is 13.6 Å². The van der Waals surface area contributed by atoms with E-state index >= 15 is 0 Å². The van der Waals surface area contributed by atoms with Gasteiger partial charge in [-0.1, -0.05) is 0 Å². The van der Waals surface area contributed by atoms with Crippen molar-refractivity contribution in [3.63, 3.8) is 0 Å². The quantitative estimate of drug-likeness (QED) is 0.661. The summed E-state index contributed by atoms with van der Waals surface area (Å²) in [7, 11) is 0. The highest BCUT2D eigenvalue weighted by Gasteiger charge is 2.19. The van der Waals surface area contributed by atoms with Crippen molar-refractivity contribution >= 4 is 5.78 Å². The van der Waals surface area contributed by atoms with Crippen LogP contribution < -0.4 is 0 Å². The van der Waals surface area contributed by atoms with Crippen LogP contribution in [0.25, 0.3) is 0 Å². The number of alkyl halides is 2. The SMILES string of the molecule is Cc1cc(C)c(C(=O)C(F)F)cn1. The van der Waals surface area contributed by atoms with Crippen LogP contribution in [0, 0.1) is 13.8 Å². The minimum atomic E-state index is -2.96. The van der Waals surface area contributed by atoms with Crippen molar-refractivity contribution in [2.45, 2.75) is 20.3 Å². The maximum atomic E-state index is 12.0. The van der Waals surface area contributed by atoms with Gasteiger partial charge in [-0.05, 0) is 25.5 Å². The molecule has 0 aromatic carbocycles. The molecular formula is C9H9F2NO. The number of aryl methyl sites for hydroxylation is 2. The lowest BCUT2D eigenvalue weighted by Gasteiger charge is -2.03. The fourth-order valence-corrected chi connectivity index (χ4v) is 1.07. The fourth-order valence-electron chi connectivity index (χ4n) is 1.07. The maximum Gasteiger partial charge on any atom is 0.300 e. The molecule has 0 aliphatic rings. The van der Waals surface area contributed by atoms with Crippen molar-refractivity contribution in [2.75, 3.05) is 0 Å². The molecule has 0 saturated heterocycles. The lowest BCUT2D eigenvalue weighted by Crippen LogP contribution is -2.12. The van der Waals surface area contributed by atoms with Gasteiger partial charge >= 0.3 is 6.43 Å². The second-order valence-electron chi connectivity index (χ2n) is 2.81. The molecule has 0 radical (unpaired) electrons. The molecular weight excluding hydrogens is 176 g/mol. The van der Waals surface area contributed by atoms with Gasteiger partial charge in [0.05, 0.1) is 0 Å². The summed E-state index contributed by atoms with van der Waals surface area (Å²) in [5, 5.41) is 0. The van der Waals surface area contributed by atoms with Crippen LogP contribution in [0.1, 0.15) is 21.6 Å². The lowest BCUT2D eigenvalue weighted by atomic mass is 10.1. The van der Waals surface area contributed by atoms with Crippen LogP contribution in [0.4, 0.5) is 8.78 Å². The van der Waals surface area contributed by atoms with Crippen LogP contribution in [0.3, 0.4) is 0 Å². The number of hydrogen-bond acceptors (Lipinski definition) is 2. The summed E-state index contributed by atoms with van der Waals surface area (Å²) in [5.74, 6) is -1.16. The van der Waals surface area contributed by atoms with E-state index < -0.39 is 12.2 Å². The maximum absolute atomic E-state index is 12.0. The first kappa shape index (κ1) is 9.77. The number of hydrogen-bond donors (Lipinski definition) is 0. The Hall–Kier alpha value is -1.32. The number of nitrogens with zero attached hydrogens (tertiary/aromatic N) is 1. The number of pyridine rings is 1. The van der Waals surface area contributed by atoms with Crippen molar-refractivity contribution in [1.82, 2.24) is 4.98 Å². The van der Waals surface area contributed by atoms with Crippen LogP contribution in [-0.2, 0) is 0 Å². The Kier molecular flexibility index (Phi) is 2.70. The minimum absolute atomic E-state index is 0.000556. The van der Waals surface area contributed by atoms with Crippen molar-refractivity contribution in [3.8, 4) is 0 Å². The van der Waals surface area contributed by atoms with Gasteiger partial charge < -0.3 is 0 Å². The van der Waals surface area contributed by atoms with Crippen molar-refractivity contribution in [2.24, 2.45) is 0 Å². The molecule has 0 saturated carbocycles. The molecule has 0 N–H and O–H groups in total. The number of halogens is 2. The molecule has 0 fully saturated rings. The number of carbonyl (C=O) groups excluding carboxylic acids is 1. The van der Waals surface area contributed by atoms with Crippen molar-refractivity contribution in [3.05, 3.63) is 29.1 Å². The van der Waals surface area contributed by atoms with E-state index in [2.05, 4.69) is 4.98 Å². The van der Waals surface area contributed by atoms with E-state index in [0.29, 0.717) is 11.3 Å². The summed E-state index contributed by atoms with van der Waals surface area (Å²) >= 11 is 0. The van der Waals surface area contributed by atoms with Gasteiger partial charge in [-0.3, -0.25) is 9.78 Å². The van der Waals surface area contributed by atoms with Crippen LogP contribution in [0.15, 0.2) is 12.3 Å². The van der Waals surface area contributed by atoms with E-state index in [4.69, 9.17) is 0 Å². The standard InChI is InChI=1S/C9H9F2NO/c1-5-3-6(2)12-4-7(5)8(13)9(10)11/h3-4,9H,1-2H3. The zero-order valence-corrected chi connectivity index (χ0v) is 7.34. The van der Waals surface area contributed by atoms with E-state index in [1.807, 2.05) is 0 Å². The Balaban J connectivity index is 3.09. The molecule has 2 nitrogen and oxygen atoms in total. The molecule has 0 bridgehead atoms. The Morgan fingerprint density at radius 3 is 2.54 bits per heavy atom. The summed E-state index contributed by atoms with van der Waals surface area (Å²) in [6.07, 6.45) is -1.76. The third-order valence-corrected chi connectivity index (χ3v) is 1.71. The highest BCUT2D eigenvalue weighted by Crippen LogP contribution is 2.12. The summed E-state index contributed by atoms with van der Waals surface area (Å²) < 4.78 is 24.0. The smallest absolute Gasteiger partial charge is 0.288 e. The first-order valence-corrected chi connectivity index (χ1v) is 3.78. The van der Waals surface area contributed by atoms with E-state index in [9.17, 15) is 13.6 Å². The molecule has 1 aromatic rings. The molecule has 0 unspecified atom stereocenters. The molecule has 0 aliphatic heterocycles. The minimum Gasteiger partial charge on any atom is -0.288 e. The first-order chi connectivity index (χ1) is 6.02. The highest BCUT2D eigenvalue weighted by atomic mass is 19.3. The van der Waals surface area contributed by atoms with Gasteiger partial charge in [-0.25, -0.2) is 8.78 Å². The zero-order chi connectivity index (χ0) is 10.0. The van der Waals surface area contributed by atoms with Gasteiger partial charge in [-0.2, -0.15) is 0 Å². The Labute approximate surface area is 74.6 Å². The third-order valence-electron chi connectivity index (χ3n) is 1.71. The predicted octanol–water partition coefficient (Wildman–Crippen LogP) is 2.15. The van der Waals surface area contributed by atoms with Gasteiger partial charge in [0, 0.05) is 17.5 Å². The molecule has 1 aromatic heterocycles. The summed E-state index contributed by atoms with van der Waals surface area (Å²) in [6.45, 7) is 3.36. The number of aromatic nitrogens is 1. The molecule has 1 heterocycles. The molecule has 4 heteroatoms. The van der Waals surface area contributed by atoms with Crippen molar-refractivity contribution in [1.29, 1.82) is 0 Å². The lowest BCUT2D eigenvalue weighted by molar-refractivity contribution is 0.0677. The molecule has 0 aliphatic carbocycles. The van der Waals surface area contributed by atoms with E-state index in [1.54, 1.807) is 19.9 Å². The first-order valence-electron chi connectivity index (χ1n) is 3.78. The number of carbonyl (C=O) groups is 1. The van der Waals surface area contributed by atoms with Crippen LogP contribution >= 0.6 is 0 Å². The molecule has 0 amide bonds. The predicted molar refractivity (Wildman–Crippen MR) is 44.0 cm³/mol. The molecule has 70 valence electrons. The van der Waals surface area contributed by atoms with Crippen LogP contribution in [-0.4, -0.2) is 17.2 Å². The van der Waals surface area contributed by atoms with Crippen LogP contribution in [0.2, 0.25) is 0 Å². The van der Waals surface area contributed by atoms with E-state index in [-0.39, 0.29) is 5.56 Å². The fraction of sp³-hybridized carbons (Fsp3) is 0.333. The van der Waals surface area contributed by atoms with Gasteiger partial charge in [0.2, 0.25) is 5.78 Å². The Morgan fingerprint density at radius 2 is 2.08 bits per heavy atom. The van der Waals surface area contributed by atoms with Gasteiger partial charge in [0.25, 0.3) is 0 Å². The number of ketones is 1. The number of rotatable bonds is 2. The molecule has 1 rings (SSSR count). The average molecular weight is 185 g/mol. The van der Waals surface area contributed by atoms with E-state index in [1.165, 1.54) is 6.20 Å². The molecule has 0 spiro atoms. The van der Waals surface area contributed by atoms with Gasteiger partial charge in [0.15, 0.2) is 0 Å². The zero-order valence-electron chi connectivity index (χ0n) is 7.34. The van der Waals surface area contributed by atoms with Gasteiger partial charge in [0.1, 0.15) is 0 Å². The second-order valence-corrected chi connectivity index (χ2v) is 2.81. The summed E-state index contributed by atoms with van der Waals surface area (Å²) in [4.78, 5) is 14.7. The third kappa shape index (κ3) is 2.08. The summed E-state index contributed by atoms with van der Waals surface area (Å²) in [5.41, 5.74) is 1.25. The average Bonchev–Trinajstić information content (AvgIpc) is 2.03. The monoisotopic (exact) mass is 185 g/mol. The molecule has 0 atom stereocenters. The number of Topliss-reactive ketones (excluding diaryl/α,β-unsaturated/α-hetero) is 1. The summed E-state index contributed by atoms with van der Waals surface area (Å²) in [6, 6.07) is 1.61. The largest absolute Gasteiger partial charge is 0.300 e. The van der Waals surface area contributed by atoms with Crippen LogP contribution in [0.5, 0.6) is 0 Å². The Morgan fingerprint density at radius 1 is 1.46 bits per heavy atom. The molecule has 13 heavy (non-hydrogen) atoms. The van der Waals surface area contributed by atoms with E-state index in [0.717, 1.165) is 0 Å². The normalized spacial score (nSPS) is 10.5. The highest BCUT2D eigenvalue weighted by molar-refractivity contribution is 5.99. The Bertz CT molecular complexity index is 336.